The lowest BCUT2D eigenvalue weighted by Gasteiger charge is -2.24. The van der Waals surface area contributed by atoms with E-state index in [-0.39, 0.29) is 30.6 Å². The van der Waals surface area contributed by atoms with Crippen LogP contribution in [0.5, 0.6) is 0 Å². The lowest BCUT2D eigenvalue weighted by Crippen LogP contribution is -2.31. The van der Waals surface area contributed by atoms with Crippen molar-refractivity contribution in [1.29, 1.82) is 0 Å². The Morgan fingerprint density at radius 2 is 1.68 bits per heavy atom. The lowest BCUT2D eigenvalue weighted by atomic mass is 10.1. The molecule has 160 valence electrons. The van der Waals surface area contributed by atoms with E-state index in [0.29, 0.717) is 23.4 Å². The van der Waals surface area contributed by atoms with Crippen LogP contribution < -0.4 is 10.2 Å². The van der Waals surface area contributed by atoms with Crippen LogP contribution in [0.2, 0.25) is 0 Å². The maximum Gasteiger partial charge on any atom is 0.258 e. The van der Waals surface area contributed by atoms with Gasteiger partial charge in [0.25, 0.3) is 5.91 Å². The van der Waals surface area contributed by atoms with Crippen molar-refractivity contribution in [3.05, 3.63) is 101 Å². The zero-order valence-corrected chi connectivity index (χ0v) is 17.9. The molecule has 0 saturated heterocycles. The van der Waals surface area contributed by atoms with Gasteiger partial charge in [-0.25, -0.2) is 4.39 Å². The summed E-state index contributed by atoms with van der Waals surface area (Å²) in [5.74, 6) is -0.521. The molecule has 0 aliphatic heterocycles. The molecule has 0 heterocycles. The average molecular weight is 419 g/mol. The van der Waals surface area contributed by atoms with Crippen molar-refractivity contribution in [3.63, 3.8) is 0 Å². The van der Waals surface area contributed by atoms with Crippen molar-refractivity contribution in [2.75, 3.05) is 11.4 Å². The fourth-order valence-electron chi connectivity index (χ4n) is 3.36. The first-order chi connectivity index (χ1) is 15.0. The highest BCUT2D eigenvalue weighted by Gasteiger charge is 2.20. The van der Waals surface area contributed by atoms with Gasteiger partial charge >= 0.3 is 0 Å². The molecular formula is C26H27FN2O2. The predicted octanol–water partition coefficient (Wildman–Crippen LogP) is 5.05. The number of nitrogens with zero attached hydrogens (tertiary/aromatic N) is 1. The second-order valence-electron chi connectivity index (χ2n) is 7.53. The standard InChI is InChI=1S/C26H27FN2O2/c1-3-15-28-25(30)17-20-11-13-23(14-12-20)29(18-21-8-6-9-22(27)16-21)26(31)24-10-5-4-7-19(24)2/h4-14,16H,3,15,17-18H2,1-2H3,(H,28,30). The van der Waals surface area contributed by atoms with E-state index in [1.54, 1.807) is 23.1 Å². The van der Waals surface area contributed by atoms with E-state index in [1.165, 1.54) is 12.1 Å². The van der Waals surface area contributed by atoms with Crippen LogP contribution in [0, 0.1) is 12.7 Å². The lowest BCUT2D eigenvalue weighted by molar-refractivity contribution is -0.120. The average Bonchev–Trinajstić information content (AvgIpc) is 2.77. The van der Waals surface area contributed by atoms with Crippen LogP contribution in [0.1, 0.15) is 40.4 Å². The molecule has 0 bridgehead atoms. The van der Waals surface area contributed by atoms with Gasteiger partial charge in [-0.15, -0.1) is 0 Å². The Bertz CT molecular complexity index is 1050. The summed E-state index contributed by atoms with van der Waals surface area (Å²) in [4.78, 5) is 27.0. The molecule has 31 heavy (non-hydrogen) atoms. The Kier molecular flexibility index (Phi) is 7.55. The van der Waals surface area contributed by atoms with Gasteiger partial charge in [0.1, 0.15) is 5.82 Å². The number of halogens is 1. The summed E-state index contributed by atoms with van der Waals surface area (Å²) in [6.07, 6.45) is 1.18. The van der Waals surface area contributed by atoms with Gasteiger partial charge in [0, 0.05) is 17.8 Å². The molecule has 0 unspecified atom stereocenters. The van der Waals surface area contributed by atoms with Gasteiger partial charge in [0.05, 0.1) is 13.0 Å². The normalized spacial score (nSPS) is 10.5. The van der Waals surface area contributed by atoms with Crippen LogP contribution in [0.4, 0.5) is 10.1 Å². The zero-order chi connectivity index (χ0) is 22.2. The third kappa shape index (κ3) is 6.01. The largest absolute Gasteiger partial charge is 0.356 e. The summed E-state index contributed by atoms with van der Waals surface area (Å²) in [6.45, 7) is 4.80. The smallest absolute Gasteiger partial charge is 0.258 e. The van der Waals surface area contributed by atoms with E-state index in [1.807, 2.05) is 56.3 Å². The van der Waals surface area contributed by atoms with Crippen molar-refractivity contribution in [2.24, 2.45) is 0 Å². The molecule has 3 rings (SSSR count). The molecule has 2 amide bonds. The second-order valence-corrected chi connectivity index (χ2v) is 7.53. The van der Waals surface area contributed by atoms with Crippen LogP contribution in [0.15, 0.2) is 72.8 Å². The van der Waals surface area contributed by atoms with Crippen LogP contribution >= 0.6 is 0 Å². The van der Waals surface area contributed by atoms with Gasteiger partial charge in [-0.1, -0.05) is 49.4 Å². The molecule has 1 N–H and O–H groups in total. The first-order valence-electron chi connectivity index (χ1n) is 10.5. The minimum atomic E-state index is -0.339. The number of amides is 2. The van der Waals surface area contributed by atoms with E-state index in [2.05, 4.69) is 5.32 Å². The fourth-order valence-corrected chi connectivity index (χ4v) is 3.36. The molecule has 0 saturated carbocycles. The summed E-state index contributed by atoms with van der Waals surface area (Å²) in [7, 11) is 0. The SMILES string of the molecule is CCCNC(=O)Cc1ccc(N(Cc2cccc(F)c2)C(=O)c2ccccc2C)cc1. The Morgan fingerprint density at radius 1 is 0.935 bits per heavy atom. The molecule has 3 aromatic rings. The van der Waals surface area contributed by atoms with Gasteiger partial charge in [-0.05, 0) is 60.4 Å². The van der Waals surface area contributed by atoms with Crippen LogP contribution in [0.25, 0.3) is 0 Å². The molecule has 0 aliphatic rings. The van der Waals surface area contributed by atoms with Crippen molar-refractivity contribution >= 4 is 17.5 Å². The molecule has 4 nitrogen and oxygen atoms in total. The quantitative estimate of drug-likeness (QED) is 0.557. The molecular weight excluding hydrogens is 391 g/mol. The number of hydrogen-bond donors (Lipinski definition) is 1. The molecule has 0 radical (unpaired) electrons. The van der Waals surface area contributed by atoms with Gasteiger partial charge in [-0.3, -0.25) is 9.59 Å². The van der Waals surface area contributed by atoms with E-state index in [4.69, 9.17) is 0 Å². The van der Waals surface area contributed by atoms with Crippen molar-refractivity contribution in [3.8, 4) is 0 Å². The second kappa shape index (κ2) is 10.5. The van der Waals surface area contributed by atoms with Crippen molar-refractivity contribution in [1.82, 2.24) is 5.32 Å². The molecule has 3 aromatic carbocycles. The molecule has 0 fully saturated rings. The minimum Gasteiger partial charge on any atom is -0.356 e. The molecule has 0 spiro atoms. The number of carbonyl (C=O) groups is 2. The summed E-state index contributed by atoms with van der Waals surface area (Å²) in [5.41, 5.74) is 3.73. The summed E-state index contributed by atoms with van der Waals surface area (Å²) < 4.78 is 13.7. The van der Waals surface area contributed by atoms with Gasteiger partial charge in [-0.2, -0.15) is 0 Å². The van der Waals surface area contributed by atoms with Crippen LogP contribution in [-0.2, 0) is 17.8 Å². The number of benzene rings is 3. The maximum atomic E-state index is 13.7. The Balaban J connectivity index is 1.88. The first kappa shape index (κ1) is 22.2. The van der Waals surface area contributed by atoms with E-state index < -0.39 is 0 Å². The summed E-state index contributed by atoms with van der Waals surface area (Å²) in [5, 5.41) is 2.86. The van der Waals surface area contributed by atoms with Gasteiger partial charge in [0.2, 0.25) is 5.91 Å². The summed E-state index contributed by atoms with van der Waals surface area (Å²) in [6, 6.07) is 21.0. The van der Waals surface area contributed by atoms with E-state index in [0.717, 1.165) is 17.5 Å². The van der Waals surface area contributed by atoms with Gasteiger partial charge < -0.3 is 10.2 Å². The predicted molar refractivity (Wildman–Crippen MR) is 122 cm³/mol. The minimum absolute atomic E-state index is 0.0257. The van der Waals surface area contributed by atoms with E-state index >= 15 is 0 Å². The van der Waals surface area contributed by atoms with Crippen LogP contribution in [-0.4, -0.2) is 18.4 Å². The number of aryl methyl sites for hydroxylation is 1. The molecule has 0 atom stereocenters. The monoisotopic (exact) mass is 418 g/mol. The number of hydrogen-bond acceptors (Lipinski definition) is 2. The Hall–Kier alpha value is -3.47. The first-order valence-corrected chi connectivity index (χ1v) is 10.5. The highest BCUT2D eigenvalue weighted by Crippen LogP contribution is 2.23. The highest BCUT2D eigenvalue weighted by molar-refractivity contribution is 6.07. The fraction of sp³-hybridized carbons (Fsp3) is 0.231. The molecule has 5 heteroatoms. The third-order valence-electron chi connectivity index (χ3n) is 5.04. The molecule has 0 aliphatic carbocycles. The van der Waals surface area contributed by atoms with Gasteiger partial charge in [0.15, 0.2) is 0 Å². The number of nitrogens with one attached hydrogen (secondary N) is 1. The van der Waals surface area contributed by atoms with E-state index in [9.17, 15) is 14.0 Å². The van der Waals surface area contributed by atoms with Crippen molar-refractivity contribution in [2.45, 2.75) is 33.2 Å². The number of rotatable bonds is 8. The van der Waals surface area contributed by atoms with Crippen LogP contribution in [0.3, 0.4) is 0 Å². The Morgan fingerprint density at radius 3 is 2.35 bits per heavy atom. The Labute approximate surface area is 182 Å². The van der Waals surface area contributed by atoms with Crippen molar-refractivity contribution < 1.29 is 14.0 Å². The number of anilines is 1. The topological polar surface area (TPSA) is 49.4 Å². The molecule has 0 aromatic heterocycles. The summed E-state index contributed by atoms with van der Waals surface area (Å²) >= 11 is 0. The number of carbonyl (C=O) groups excluding carboxylic acids is 2. The zero-order valence-electron chi connectivity index (χ0n) is 17.9. The highest BCUT2D eigenvalue weighted by atomic mass is 19.1. The maximum absolute atomic E-state index is 13.7. The third-order valence-corrected chi connectivity index (χ3v) is 5.04.